The zero-order chi connectivity index (χ0) is 15.4. The zero-order valence-corrected chi connectivity index (χ0v) is 13.2. The van der Waals surface area contributed by atoms with E-state index in [1.165, 1.54) is 0 Å². The molecule has 0 radical (unpaired) electrons. The lowest BCUT2D eigenvalue weighted by Crippen LogP contribution is -2.23. The number of esters is 2. The Balaban J connectivity index is 3.50. The molecular weight excluding hydrogens is 256 g/mol. The Bertz CT molecular complexity index is 313. The van der Waals surface area contributed by atoms with Gasteiger partial charge < -0.3 is 9.47 Å². The topological polar surface area (TPSA) is 52.6 Å². The van der Waals surface area contributed by atoms with Crippen LogP contribution in [0.5, 0.6) is 0 Å². The molecule has 0 unspecified atom stereocenters. The summed E-state index contributed by atoms with van der Waals surface area (Å²) in [5.74, 6) is -0.354. The maximum Gasteiger partial charge on any atom is 0.306 e. The number of hydrogen-bond donors (Lipinski definition) is 0. The molecule has 4 heteroatoms. The minimum atomic E-state index is -0.424. The van der Waals surface area contributed by atoms with Crippen molar-refractivity contribution in [3.05, 3.63) is 12.2 Å². The van der Waals surface area contributed by atoms with Gasteiger partial charge in [0, 0.05) is 12.8 Å². The third-order valence-corrected chi connectivity index (χ3v) is 2.42. The first kappa shape index (κ1) is 18.7. The Labute approximate surface area is 122 Å². The first-order valence-corrected chi connectivity index (χ1v) is 7.37. The molecule has 0 bridgehead atoms. The van der Waals surface area contributed by atoms with Crippen molar-refractivity contribution in [2.45, 2.75) is 71.8 Å². The molecular formula is C16H28O4. The van der Waals surface area contributed by atoms with Crippen LogP contribution in [0.4, 0.5) is 0 Å². The van der Waals surface area contributed by atoms with E-state index in [4.69, 9.17) is 9.47 Å². The van der Waals surface area contributed by atoms with Crippen LogP contribution >= 0.6 is 0 Å². The third-order valence-electron chi connectivity index (χ3n) is 2.42. The third kappa shape index (κ3) is 13.1. The summed E-state index contributed by atoms with van der Waals surface area (Å²) < 4.78 is 10.2. The lowest BCUT2D eigenvalue weighted by molar-refractivity contribution is -0.154. The van der Waals surface area contributed by atoms with Gasteiger partial charge in [-0.1, -0.05) is 25.5 Å². The van der Waals surface area contributed by atoms with Gasteiger partial charge in [-0.05, 0) is 40.0 Å². The highest BCUT2D eigenvalue weighted by molar-refractivity contribution is 5.70. The van der Waals surface area contributed by atoms with E-state index in [9.17, 15) is 9.59 Å². The summed E-state index contributed by atoms with van der Waals surface area (Å²) in [4.78, 5) is 22.8. The molecule has 0 atom stereocenters. The van der Waals surface area contributed by atoms with Crippen LogP contribution in [0, 0.1) is 0 Å². The highest BCUT2D eigenvalue weighted by Crippen LogP contribution is 2.11. The maximum atomic E-state index is 11.4. The van der Waals surface area contributed by atoms with Crippen LogP contribution in [0.2, 0.25) is 0 Å². The number of allylic oxidation sites excluding steroid dienone is 1. The highest BCUT2D eigenvalue weighted by atomic mass is 16.6. The van der Waals surface area contributed by atoms with Crippen molar-refractivity contribution < 1.29 is 19.1 Å². The summed E-state index contributed by atoms with van der Waals surface area (Å²) in [7, 11) is 0. The molecule has 0 aliphatic rings. The number of hydrogen-bond acceptors (Lipinski definition) is 4. The van der Waals surface area contributed by atoms with Crippen molar-refractivity contribution in [2.24, 2.45) is 0 Å². The van der Waals surface area contributed by atoms with Gasteiger partial charge in [-0.15, -0.1) is 0 Å². The Morgan fingerprint density at radius 2 is 1.55 bits per heavy atom. The summed E-state index contributed by atoms with van der Waals surface area (Å²) in [6, 6.07) is 0. The normalized spacial score (nSPS) is 11.6. The molecule has 0 amide bonds. The standard InChI is InChI=1S/C16H28O4/c1-5-6-10-13-19-14(17)11-8-7-9-12-15(18)20-16(2,3)4/h6,10H,5,7-9,11-13H2,1-4H3/b10-6-. The molecule has 116 valence electrons. The summed E-state index contributed by atoms with van der Waals surface area (Å²) in [6.45, 7) is 7.95. The summed E-state index contributed by atoms with van der Waals surface area (Å²) in [5.41, 5.74) is -0.424. The number of carbonyl (C=O) groups is 2. The van der Waals surface area contributed by atoms with Gasteiger partial charge in [-0.2, -0.15) is 0 Å². The van der Waals surface area contributed by atoms with Crippen molar-refractivity contribution in [3.8, 4) is 0 Å². The Morgan fingerprint density at radius 3 is 2.10 bits per heavy atom. The van der Waals surface area contributed by atoms with E-state index in [-0.39, 0.29) is 11.9 Å². The number of carbonyl (C=O) groups excluding carboxylic acids is 2. The largest absolute Gasteiger partial charge is 0.461 e. The Kier molecular flexibility index (Phi) is 9.77. The lowest BCUT2D eigenvalue weighted by Gasteiger charge is -2.19. The van der Waals surface area contributed by atoms with Gasteiger partial charge in [0.15, 0.2) is 0 Å². The molecule has 4 nitrogen and oxygen atoms in total. The van der Waals surface area contributed by atoms with Crippen LogP contribution in [-0.4, -0.2) is 24.1 Å². The summed E-state index contributed by atoms with van der Waals surface area (Å²) in [5, 5.41) is 0. The van der Waals surface area contributed by atoms with E-state index in [0.29, 0.717) is 19.4 Å². The van der Waals surface area contributed by atoms with Crippen LogP contribution in [0.1, 0.15) is 66.2 Å². The van der Waals surface area contributed by atoms with Gasteiger partial charge in [0.25, 0.3) is 0 Å². The molecule has 0 rings (SSSR count). The Hall–Kier alpha value is -1.32. The van der Waals surface area contributed by atoms with Crippen molar-refractivity contribution in [1.29, 1.82) is 0 Å². The second kappa shape index (κ2) is 10.5. The van der Waals surface area contributed by atoms with Gasteiger partial charge >= 0.3 is 11.9 Å². The molecule has 0 N–H and O–H groups in total. The monoisotopic (exact) mass is 284 g/mol. The van der Waals surface area contributed by atoms with Crippen LogP contribution in [0.3, 0.4) is 0 Å². The van der Waals surface area contributed by atoms with Crippen LogP contribution < -0.4 is 0 Å². The summed E-state index contributed by atoms with van der Waals surface area (Å²) in [6.07, 6.45) is 7.91. The SMILES string of the molecule is CC/C=C\COC(=O)CCCCCC(=O)OC(C)(C)C. The molecule has 0 aromatic rings. The molecule has 0 aliphatic heterocycles. The molecule has 0 saturated carbocycles. The van der Waals surface area contributed by atoms with Crippen molar-refractivity contribution in [3.63, 3.8) is 0 Å². The van der Waals surface area contributed by atoms with E-state index in [0.717, 1.165) is 25.7 Å². The van der Waals surface area contributed by atoms with Crippen LogP contribution in [0.15, 0.2) is 12.2 Å². The quantitative estimate of drug-likeness (QED) is 0.367. The predicted octanol–water partition coefficient (Wildman–Crippen LogP) is 3.79. The molecule has 0 aromatic carbocycles. The van der Waals surface area contributed by atoms with Gasteiger partial charge in [0.1, 0.15) is 12.2 Å². The fraction of sp³-hybridized carbons (Fsp3) is 0.750. The van der Waals surface area contributed by atoms with Crippen LogP contribution in [0.25, 0.3) is 0 Å². The predicted molar refractivity (Wildman–Crippen MR) is 79.3 cm³/mol. The summed E-state index contributed by atoms with van der Waals surface area (Å²) >= 11 is 0. The molecule has 0 fully saturated rings. The molecule has 0 aliphatic carbocycles. The van der Waals surface area contributed by atoms with Gasteiger partial charge in [-0.25, -0.2) is 0 Å². The fourth-order valence-corrected chi connectivity index (χ4v) is 1.56. The molecule has 0 heterocycles. The van der Waals surface area contributed by atoms with Crippen molar-refractivity contribution in [2.75, 3.05) is 6.61 Å². The first-order valence-electron chi connectivity index (χ1n) is 7.37. The number of ether oxygens (including phenoxy) is 2. The minimum Gasteiger partial charge on any atom is -0.461 e. The van der Waals surface area contributed by atoms with E-state index in [1.54, 1.807) is 0 Å². The smallest absolute Gasteiger partial charge is 0.306 e. The average Bonchev–Trinajstić information content (AvgIpc) is 2.32. The Morgan fingerprint density at radius 1 is 0.950 bits per heavy atom. The molecule has 0 saturated heterocycles. The molecule has 0 aromatic heterocycles. The van der Waals surface area contributed by atoms with E-state index < -0.39 is 5.60 Å². The number of unbranched alkanes of at least 4 members (excludes halogenated alkanes) is 2. The van der Waals surface area contributed by atoms with Gasteiger partial charge in [-0.3, -0.25) is 9.59 Å². The zero-order valence-electron chi connectivity index (χ0n) is 13.2. The maximum absolute atomic E-state index is 11.4. The van der Waals surface area contributed by atoms with E-state index in [2.05, 4.69) is 0 Å². The number of rotatable bonds is 9. The van der Waals surface area contributed by atoms with E-state index >= 15 is 0 Å². The van der Waals surface area contributed by atoms with Crippen LogP contribution in [-0.2, 0) is 19.1 Å². The van der Waals surface area contributed by atoms with E-state index in [1.807, 2.05) is 39.8 Å². The van der Waals surface area contributed by atoms with Gasteiger partial charge in [0.2, 0.25) is 0 Å². The van der Waals surface area contributed by atoms with Crippen molar-refractivity contribution in [1.82, 2.24) is 0 Å². The molecule has 20 heavy (non-hydrogen) atoms. The van der Waals surface area contributed by atoms with Crippen molar-refractivity contribution >= 4 is 11.9 Å². The minimum absolute atomic E-state index is 0.176. The average molecular weight is 284 g/mol. The second-order valence-electron chi connectivity index (χ2n) is 5.71. The fourth-order valence-electron chi connectivity index (χ4n) is 1.56. The molecule has 0 spiro atoms. The lowest BCUT2D eigenvalue weighted by atomic mass is 10.1. The second-order valence-corrected chi connectivity index (χ2v) is 5.71. The van der Waals surface area contributed by atoms with Gasteiger partial charge in [0.05, 0.1) is 0 Å². The first-order chi connectivity index (χ1) is 9.35. The highest BCUT2D eigenvalue weighted by Gasteiger charge is 2.15.